The lowest BCUT2D eigenvalue weighted by atomic mass is 10.1. The van der Waals surface area contributed by atoms with E-state index in [0.717, 1.165) is 24.5 Å². The largest absolute Gasteiger partial charge is 0.496 e. The third kappa shape index (κ3) is 3.88. The Morgan fingerprint density at radius 3 is 2.52 bits per heavy atom. The molecule has 27 heavy (non-hydrogen) atoms. The summed E-state index contributed by atoms with van der Waals surface area (Å²) >= 11 is 0. The van der Waals surface area contributed by atoms with Gasteiger partial charge in [-0.05, 0) is 30.3 Å². The lowest BCUT2D eigenvalue weighted by molar-refractivity contribution is 0.0692. The van der Waals surface area contributed by atoms with Gasteiger partial charge in [0.25, 0.3) is 5.91 Å². The number of methoxy groups -OCH3 is 1. The smallest absolute Gasteiger partial charge is 0.339 e. The zero-order chi connectivity index (χ0) is 19.4. The highest BCUT2D eigenvalue weighted by Crippen LogP contribution is 2.31. The number of carbonyl (C=O) groups is 2. The van der Waals surface area contributed by atoms with Crippen molar-refractivity contribution in [1.82, 2.24) is 0 Å². The van der Waals surface area contributed by atoms with Gasteiger partial charge >= 0.3 is 5.97 Å². The average molecular weight is 370 g/mol. The monoisotopic (exact) mass is 370 g/mol. The minimum atomic E-state index is -1.10. The molecular weight excluding hydrogens is 348 g/mol. The maximum atomic E-state index is 13.0. The van der Waals surface area contributed by atoms with E-state index >= 15 is 0 Å². The highest BCUT2D eigenvalue weighted by molar-refractivity contribution is 6.08. The van der Waals surface area contributed by atoms with Crippen molar-refractivity contribution in [3.05, 3.63) is 53.6 Å². The van der Waals surface area contributed by atoms with E-state index in [1.165, 1.54) is 25.3 Å². The first-order valence-corrected chi connectivity index (χ1v) is 8.64. The Hall–Kier alpha value is -3.06. The van der Waals surface area contributed by atoms with Crippen LogP contribution in [0.1, 0.15) is 20.7 Å². The molecule has 7 nitrogen and oxygen atoms in total. The van der Waals surface area contributed by atoms with Gasteiger partial charge in [-0.1, -0.05) is 12.1 Å². The molecule has 7 heteroatoms. The summed E-state index contributed by atoms with van der Waals surface area (Å²) in [6, 6.07) is 12.1. The minimum absolute atomic E-state index is 0.0189. The van der Waals surface area contributed by atoms with Gasteiger partial charge in [0.05, 0.1) is 31.7 Å². The molecule has 142 valence electrons. The summed E-state index contributed by atoms with van der Waals surface area (Å²) in [7, 11) is 3.09. The van der Waals surface area contributed by atoms with Crippen LogP contribution >= 0.6 is 0 Å². The van der Waals surface area contributed by atoms with E-state index in [1.54, 1.807) is 11.9 Å². The maximum Gasteiger partial charge on any atom is 0.339 e. The molecule has 0 atom stereocenters. The Labute approximate surface area is 157 Å². The Bertz CT molecular complexity index is 846. The van der Waals surface area contributed by atoms with Crippen molar-refractivity contribution in [3.8, 4) is 5.75 Å². The van der Waals surface area contributed by atoms with Crippen LogP contribution in [-0.2, 0) is 4.74 Å². The van der Waals surface area contributed by atoms with Crippen LogP contribution in [0.3, 0.4) is 0 Å². The second-order valence-electron chi connectivity index (χ2n) is 6.17. The highest BCUT2D eigenvalue weighted by atomic mass is 16.5. The molecule has 1 heterocycles. The van der Waals surface area contributed by atoms with Crippen LogP contribution in [0.4, 0.5) is 11.4 Å². The first-order chi connectivity index (χ1) is 13.0. The molecule has 1 aliphatic heterocycles. The summed E-state index contributed by atoms with van der Waals surface area (Å²) in [6.45, 7) is 2.83. The molecule has 1 amide bonds. The molecule has 3 rings (SSSR count). The normalized spacial score (nSPS) is 13.9. The summed E-state index contributed by atoms with van der Waals surface area (Å²) in [4.78, 5) is 28.0. The van der Waals surface area contributed by atoms with Crippen molar-refractivity contribution in [1.29, 1.82) is 0 Å². The number of rotatable bonds is 5. The Morgan fingerprint density at radius 2 is 1.85 bits per heavy atom. The topological polar surface area (TPSA) is 79.3 Å². The van der Waals surface area contributed by atoms with E-state index in [4.69, 9.17) is 9.47 Å². The number of anilines is 2. The second-order valence-corrected chi connectivity index (χ2v) is 6.17. The number of para-hydroxylation sites is 2. The van der Waals surface area contributed by atoms with Crippen LogP contribution in [0.25, 0.3) is 0 Å². The van der Waals surface area contributed by atoms with Crippen LogP contribution in [0.15, 0.2) is 42.5 Å². The SMILES string of the molecule is COc1cc(C(=O)N(C)c2ccccc2N2CCOCC2)ccc1C(=O)O. The molecule has 0 spiro atoms. The second kappa shape index (κ2) is 8.09. The molecule has 2 aromatic carbocycles. The fourth-order valence-corrected chi connectivity index (χ4v) is 3.12. The van der Waals surface area contributed by atoms with Crippen LogP contribution in [0.5, 0.6) is 5.75 Å². The number of hydrogen-bond acceptors (Lipinski definition) is 5. The van der Waals surface area contributed by atoms with Gasteiger partial charge in [0.1, 0.15) is 11.3 Å². The standard InChI is InChI=1S/C20H22N2O5/c1-21(16-5-3-4-6-17(16)22-9-11-27-12-10-22)19(23)14-7-8-15(20(24)25)18(13-14)26-2/h3-8,13H,9-12H2,1-2H3,(H,24,25). The zero-order valence-corrected chi connectivity index (χ0v) is 15.3. The maximum absolute atomic E-state index is 13.0. The molecule has 0 saturated carbocycles. The molecule has 1 saturated heterocycles. The summed E-state index contributed by atoms with van der Waals surface area (Å²) < 4.78 is 10.5. The lowest BCUT2D eigenvalue weighted by Crippen LogP contribution is -2.38. The van der Waals surface area contributed by atoms with Gasteiger partial charge in [0.15, 0.2) is 0 Å². The number of aromatic carboxylic acids is 1. The third-order valence-corrected chi connectivity index (χ3v) is 4.58. The van der Waals surface area contributed by atoms with Crippen molar-refractivity contribution >= 4 is 23.3 Å². The number of hydrogen-bond donors (Lipinski definition) is 1. The minimum Gasteiger partial charge on any atom is -0.496 e. The Kier molecular flexibility index (Phi) is 5.61. The summed E-state index contributed by atoms with van der Waals surface area (Å²) in [5.74, 6) is -1.19. The average Bonchev–Trinajstić information content (AvgIpc) is 2.72. The van der Waals surface area contributed by atoms with E-state index in [1.807, 2.05) is 24.3 Å². The number of benzene rings is 2. The number of carboxylic acids is 1. The molecule has 0 radical (unpaired) electrons. The van der Waals surface area contributed by atoms with Gasteiger partial charge in [0.2, 0.25) is 0 Å². The van der Waals surface area contributed by atoms with E-state index in [2.05, 4.69) is 4.90 Å². The number of carboxylic acid groups (broad SMARTS) is 1. The third-order valence-electron chi connectivity index (χ3n) is 4.58. The molecule has 0 bridgehead atoms. The van der Waals surface area contributed by atoms with Gasteiger partial charge in [-0.2, -0.15) is 0 Å². The van der Waals surface area contributed by atoms with Gasteiger partial charge in [-0.25, -0.2) is 4.79 Å². The summed E-state index contributed by atoms with van der Waals surface area (Å²) in [5.41, 5.74) is 2.12. The van der Waals surface area contributed by atoms with Crippen LogP contribution in [0, 0.1) is 0 Å². The fraction of sp³-hybridized carbons (Fsp3) is 0.300. The molecule has 0 unspecified atom stereocenters. The number of carbonyl (C=O) groups excluding carboxylic acids is 1. The van der Waals surface area contributed by atoms with E-state index < -0.39 is 5.97 Å². The molecule has 2 aromatic rings. The van der Waals surface area contributed by atoms with Gasteiger partial charge in [-0.15, -0.1) is 0 Å². The lowest BCUT2D eigenvalue weighted by Gasteiger charge is -2.32. The molecule has 1 aliphatic rings. The zero-order valence-electron chi connectivity index (χ0n) is 15.3. The fourth-order valence-electron chi connectivity index (χ4n) is 3.12. The number of amides is 1. The Morgan fingerprint density at radius 1 is 1.15 bits per heavy atom. The van der Waals surface area contributed by atoms with E-state index in [9.17, 15) is 14.7 Å². The van der Waals surface area contributed by atoms with Crippen molar-refractivity contribution in [2.45, 2.75) is 0 Å². The van der Waals surface area contributed by atoms with Gasteiger partial charge < -0.3 is 24.4 Å². The molecule has 1 N–H and O–H groups in total. The van der Waals surface area contributed by atoms with Crippen LogP contribution < -0.4 is 14.5 Å². The van der Waals surface area contributed by atoms with Crippen LogP contribution in [0.2, 0.25) is 0 Å². The number of nitrogens with zero attached hydrogens (tertiary/aromatic N) is 2. The predicted molar refractivity (Wildman–Crippen MR) is 102 cm³/mol. The Balaban J connectivity index is 1.91. The first kappa shape index (κ1) is 18.7. The predicted octanol–water partition coefficient (Wildman–Crippen LogP) is 2.51. The molecule has 0 aromatic heterocycles. The summed E-state index contributed by atoms with van der Waals surface area (Å²) in [6.07, 6.45) is 0. The van der Waals surface area contributed by atoms with Gasteiger partial charge in [0, 0.05) is 25.7 Å². The summed E-state index contributed by atoms with van der Waals surface area (Å²) in [5, 5.41) is 9.20. The molecular formula is C20H22N2O5. The van der Waals surface area contributed by atoms with E-state index in [0.29, 0.717) is 18.8 Å². The highest BCUT2D eigenvalue weighted by Gasteiger charge is 2.22. The van der Waals surface area contributed by atoms with Crippen molar-refractivity contribution in [2.24, 2.45) is 0 Å². The van der Waals surface area contributed by atoms with Crippen molar-refractivity contribution < 1.29 is 24.2 Å². The quantitative estimate of drug-likeness (QED) is 0.871. The number of ether oxygens (including phenoxy) is 2. The van der Waals surface area contributed by atoms with E-state index in [-0.39, 0.29) is 17.2 Å². The molecule has 1 fully saturated rings. The number of morpholine rings is 1. The van der Waals surface area contributed by atoms with Crippen LogP contribution in [-0.4, -0.2) is 57.4 Å². The molecule has 0 aliphatic carbocycles. The van der Waals surface area contributed by atoms with Gasteiger partial charge in [-0.3, -0.25) is 4.79 Å². The van der Waals surface area contributed by atoms with Crippen molar-refractivity contribution in [2.75, 3.05) is 50.3 Å². The van der Waals surface area contributed by atoms with Crippen molar-refractivity contribution in [3.63, 3.8) is 0 Å². The first-order valence-electron chi connectivity index (χ1n) is 8.64.